The van der Waals surface area contributed by atoms with Crippen LogP contribution in [0.3, 0.4) is 0 Å². The molecule has 3 rings (SSSR count). The third kappa shape index (κ3) is 6.61. The zero-order valence-corrected chi connectivity index (χ0v) is 18.9. The zero-order valence-electron chi connectivity index (χ0n) is 18.9. The number of rotatable bonds is 8. The number of anilines is 1. The van der Waals surface area contributed by atoms with Crippen LogP contribution in [0.15, 0.2) is 42.5 Å². The lowest BCUT2D eigenvalue weighted by atomic mass is 9.73. The Morgan fingerprint density at radius 3 is 2.42 bits per heavy atom. The van der Waals surface area contributed by atoms with Crippen LogP contribution in [0.5, 0.6) is 11.5 Å². The standard InChI is InChI=1S/C24H29F3N2O4/c1-16-4-9-21(31-3)20(14-16)23(10-12-32-13-11-23)15-28-17(2)22(30)29-18-5-7-19(8-6-18)33-24(25,26)27/h4-9,14,17,28H,10-13,15H2,1-3H3,(H,29,30). The van der Waals surface area contributed by atoms with Gasteiger partial charge in [0.15, 0.2) is 0 Å². The number of carbonyl (C=O) groups is 1. The molecule has 1 heterocycles. The number of nitrogens with one attached hydrogen (secondary N) is 2. The van der Waals surface area contributed by atoms with Crippen LogP contribution >= 0.6 is 0 Å². The van der Waals surface area contributed by atoms with Crippen molar-refractivity contribution in [2.75, 3.05) is 32.2 Å². The topological polar surface area (TPSA) is 68.8 Å². The molecule has 1 amide bonds. The monoisotopic (exact) mass is 466 g/mol. The second-order valence-electron chi connectivity index (χ2n) is 8.26. The number of ether oxygens (including phenoxy) is 3. The van der Waals surface area contributed by atoms with E-state index >= 15 is 0 Å². The van der Waals surface area contributed by atoms with Gasteiger partial charge in [0.05, 0.1) is 13.2 Å². The van der Waals surface area contributed by atoms with Gasteiger partial charge in [0.25, 0.3) is 0 Å². The molecule has 1 saturated heterocycles. The predicted octanol–water partition coefficient (Wildman–Crippen LogP) is 4.57. The molecule has 1 atom stereocenters. The molecule has 2 N–H and O–H groups in total. The van der Waals surface area contributed by atoms with Gasteiger partial charge in [-0.2, -0.15) is 0 Å². The molecule has 1 unspecified atom stereocenters. The van der Waals surface area contributed by atoms with E-state index in [-0.39, 0.29) is 17.1 Å². The van der Waals surface area contributed by atoms with E-state index < -0.39 is 12.4 Å². The van der Waals surface area contributed by atoms with Gasteiger partial charge < -0.3 is 24.8 Å². The van der Waals surface area contributed by atoms with Crippen molar-refractivity contribution in [3.8, 4) is 11.5 Å². The molecule has 2 aromatic rings. The molecule has 9 heteroatoms. The fourth-order valence-electron chi connectivity index (χ4n) is 3.97. The quantitative estimate of drug-likeness (QED) is 0.597. The van der Waals surface area contributed by atoms with E-state index in [1.54, 1.807) is 14.0 Å². The summed E-state index contributed by atoms with van der Waals surface area (Å²) in [6.45, 7) is 5.56. The lowest BCUT2D eigenvalue weighted by molar-refractivity contribution is -0.274. The van der Waals surface area contributed by atoms with Gasteiger partial charge in [0.1, 0.15) is 11.5 Å². The summed E-state index contributed by atoms with van der Waals surface area (Å²) >= 11 is 0. The minimum absolute atomic E-state index is 0.249. The lowest BCUT2D eigenvalue weighted by Gasteiger charge is -2.39. The highest BCUT2D eigenvalue weighted by Crippen LogP contribution is 2.40. The molecule has 2 aromatic carbocycles. The summed E-state index contributed by atoms with van der Waals surface area (Å²) in [5, 5.41) is 6.04. The molecular formula is C24H29F3N2O4. The third-order valence-corrected chi connectivity index (χ3v) is 5.87. The molecule has 0 radical (unpaired) electrons. The van der Waals surface area contributed by atoms with E-state index in [1.807, 2.05) is 19.1 Å². The van der Waals surface area contributed by atoms with Crippen molar-refractivity contribution in [2.45, 2.75) is 44.5 Å². The maximum absolute atomic E-state index is 12.7. The van der Waals surface area contributed by atoms with Gasteiger partial charge in [-0.05, 0) is 57.0 Å². The van der Waals surface area contributed by atoms with E-state index in [2.05, 4.69) is 21.4 Å². The number of carbonyl (C=O) groups excluding carboxylic acids is 1. The fourth-order valence-corrected chi connectivity index (χ4v) is 3.97. The Balaban J connectivity index is 1.66. The Kier molecular flexibility index (Phi) is 7.86. The van der Waals surface area contributed by atoms with Crippen molar-refractivity contribution in [3.05, 3.63) is 53.6 Å². The van der Waals surface area contributed by atoms with Gasteiger partial charge in [0, 0.05) is 36.4 Å². The van der Waals surface area contributed by atoms with Gasteiger partial charge in [-0.1, -0.05) is 17.7 Å². The van der Waals surface area contributed by atoms with Crippen molar-refractivity contribution in [1.82, 2.24) is 5.32 Å². The highest BCUT2D eigenvalue weighted by Gasteiger charge is 2.37. The molecule has 1 fully saturated rings. The van der Waals surface area contributed by atoms with Crippen LogP contribution in [0.2, 0.25) is 0 Å². The van der Waals surface area contributed by atoms with E-state index in [1.165, 1.54) is 12.1 Å². The number of benzene rings is 2. The van der Waals surface area contributed by atoms with Crippen LogP contribution in [0.25, 0.3) is 0 Å². The number of aryl methyl sites for hydroxylation is 1. The molecule has 0 aromatic heterocycles. The molecule has 6 nitrogen and oxygen atoms in total. The first-order valence-electron chi connectivity index (χ1n) is 10.7. The lowest BCUT2D eigenvalue weighted by Crippen LogP contribution is -2.48. The summed E-state index contributed by atoms with van der Waals surface area (Å²) in [7, 11) is 1.65. The Bertz CT molecular complexity index is 942. The molecule has 180 valence electrons. The van der Waals surface area contributed by atoms with Gasteiger partial charge in [-0.25, -0.2) is 0 Å². The summed E-state index contributed by atoms with van der Waals surface area (Å²) in [4.78, 5) is 12.7. The fraction of sp³-hybridized carbons (Fsp3) is 0.458. The maximum atomic E-state index is 12.7. The van der Waals surface area contributed by atoms with Gasteiger partial charge in [-0.15, -0.1) is 13.2 Å². The van der Waals surface area contributed by atoms with Gasteiger partial charge >= 0.3 is 6.36 Å². The third-order valence-electron chi connectivity index (χ3n) is 5.87. The highest BCUT2D eigenvalue weighted by molar-refractivity contribution is 5.94. The first-order chi connectivity index (χ1) is 15.6. The average molecular weight is 467 g/mol. The summed E-state index contributed by atoms with van der Waals surface area (Å²) in [5.74, 6) is 0.167. The second-order valence-corrected chi connectivity index (χ2v) is 8.26. The number of methoxy groups -OCH3 is 1. The highest BCUT2D eigenvalue weighted by atomic mass is 19.4. The molecule has 1 aliphatic rings. The van der Waals surface area contributed by atoms with Gasteiger partial charge in [0.2, 0.25) is 5.91 Å². The van der Waals surface area contributed by atoms with Crippen LogP contribution < -0.4 is 20.1 Å². The molecule has 1 aliphatic heterocycles. The van der Waals surface area contributed by atoms with Crippen LogP contribution in [0.1, 0.15) is 30.9 Å². The Labute approximate surface area is 191 Å². The summed E-state index contributed by atoms with van der Waals surface area (Å²) < 4.78 is 52.0. The van der Waals surface area contributed by atoms with Gasteiger partial charge in [-0.3, -0.25) is 4.79 Å². The normalized spacial score (nSPS) is 16.7. The first-order valence-corrected chi connectivity index (χ1v) is 10.7. The molecule has 0 saturated carbocycles. The smallest absolute Gasteiger partial charge is 0.496 e. The Hall–Kier alpha value is -2.78. The molecule has 0 bridgehead atoms. The maximum Gasteiger partial charge on any atom is 0.573 e. The number of hydrogen-bond donors (Lipinski definition) is 2. The largest absolute Gasteiger partial charge is 0.573 e. The van der Waals surface area contributed by atoms with Crippen molar-refractivity contribution in [3.63, 3.8) is 0 Å². The summed E-state index contributed by atoms with van der Waals surface area (Å²) in [6, 6.07) is 10.6. The van der Waals surface area contributed by atoms with E-state index in [9.17, 15) is 18.0 Å². The molecular weight excluding hydrogens is 437 g/mol. The van der Waals surface area contributed by atoms with Crippen LogP contribution in [0.4, 0.5) is 18.9 Å². The number of hydrogen-bond acceptors (Lipinski definition) is 5. The van der Waals surface area contributed by atoms with Crippen molar-refractivity contribution >= 4 is 11.6 Å². The van der Waals surface area contributed by atoms with E-state index in [4.69, 9.17) is 9.47 Å². The van der Waals surface area contributed by atoms with Crippen LogP contribution in [0, 0.1) is 6.92 Å². The van der Waals surface area contributed by atoms with Crippen LogP contribution in [-0.4, -0.2) is 45.2 Å². The van der Waals surface area contributed by atoms with Crippen molar-refractivity contribution in [2.24, 2.45) is 0 Å². The number of alkyl halides is 3. The number of amides is 1. The second kappa shape index (κ2) is 10.4. The molecule has 33 heavy (non-hydrogen) atoms. The summed E-state index contributed by atoms with van der Waals surface area (Å²) in [6.07, 6.45) is -3.19. The summed E-state index contributed by atoms with van der Waals surface area (Å²) in [5.41, 5.74) is 2.35. The van der Waals surface area contributed by atoms with Crippen molar-refractivity contribution in [1.29, 1.82) is 0 Å². The molecule has 0 spiro atoms. The van der Waals surface area contributed by atoms with E-state index in [0.717, 1.165) is 41.9 Å². The van der Waals surface area contributed by atoms with Crippen LogP contribution in [-0.2, 0) is 14.9 Å². The molecule has 0 aliphatic carbocycles. The van der Waals surface area contributed by atoms with E-state index in [0.29, 0.717) is 25.4 Å². The Morgan fingerprint density at radius 1 is 1.15 bits per heavy atom. The minimum Gasteiger partial charge on any atom is -0.496 e. The Morgan fingerprint density at radius 2 is 1.82 bits per heavy atom. The first kappa shape index (κ1) is 24.9. The van der Waals surface area contributed by atoms with Crippen molar-refractivity contribution < 1.29 is 32.2 Å². The zero-order chi connectivity index (χ0) is 24.1. The average Bonchev–Trinajstić information content (AvgIpc) is 2.78. The SMILES string of the molecule is COc1ccc(C)cc1C1(CNC(C)C(=O)Nc2ccc(OC(F)(F)F)cc2)CCOCC1. The predicted molar refractivity (Wildman–Crippen MR) is 119 cm³/mol. The minimum atomic E-state index is -4.76. The number of halogens is 3.